The molecule has 5 rings (SSSR count). The molecule has 0 radical (unpaired) electrons. The van der Waals surface area contributed by atoms with Crippen molar-refractivity contribution in [3.63, 3.8) is 0 Å². The molecule has 2 aromatic heterocycles. The molecule has 4 aromatic rings. The number of benzene rings is 2. The van der Waals surface area contributed by atoms with E-state index in [9.17, 15) is 4.79 Å². The second-order valence-corrected chi connectivity index (χ2v) is 6.54. The summed E-state index contributed by atoms with van der Waals surface area (Å²) in [5, 5.41) is 7.16. The fourth-order valence-corrected chi connectivity index (χ4v) is 3.17. The quantitative estimate of drug-likeness (QED) is 0.572. The molecule has 1 atom stereocenters. The lowest BCUT2D eigenvalue weighted by Gasteiger charge is -2.26. The highest BCUT2D eigenvalue weighted by molar-refractivity contribution is 6.05. The largest absolute Gasteiger partial charge is 0.486 e. The predicted octanol–water partition coefficient (Wildman–Crippen LogP) is 2.85. The molecule has 8 heteroatoms. The van der Waals surface area contributed by atoms with Crippen molar-refractivity contribution in [1.82, 2.24) is 19.7 Å². The van der Waals surface area contributed by atoms with Crippen LogP contribution in [0.3, 0.4) is 0 Å². The SMILES string of the molecule is O=C(Nc1cnn(C[C@@H]2COc3ccccc3O2)c1)c1ccc2nc[nH]c2c1. The van der Waals surface area contributed by atoms with E-state index < -0.39 is 0 Å². The van der Waals surface area contributed by atoms with Crippen molar-refractivity contribution in [3.05, 3.63) is 66.7 Å². The van der Waals surface area contributed by atoms with Crippen LogP contribution < -0.4 is 14.8 Å². The maximum absolute atomic E-state index is 12.5. The summed E-state index contributed by atoms with van der Waals surface area (Å²) in [6, 6.07) is 12.9. The van der Waals surface area contributed by atoms with Gasteiger partial charge >= 0.3 is 0 Å². The van der Waals surface area contributed by atoms with E-state index in [1.54, 1.807) is 35.5 Å². The zero-order chi connectivity index (χ0) is 18.9. The van der Waals surface area contributed by atoms with Crippen molar-refractivity contribution in [2.24, 2.45) is 0 Å². The van der Waals surface area contributed by atoms with Crippen LogP contribution in [0.25, 0.3) is 11.0 Å². The molecule has 28 heavy (non-hydrogen) atoms. The molecule has 0 saturated heterocycles. The van der Waals surface area contributed by atoms with Crippen molar-refractivity contribution in [3.8, 4) is 11.5 Å². The van der Waals surface area contributed by atoms with E-state index in [1.807, 2.05) is 30.3 Å². The number of hydrogen-bond acceptors (Lipinski definition) is 5. The first-order chi connectivity index (χ1) is 13.7. The Morgan fingerprint density at radius 1 is 1.25 bits per heavy atom. The molecule has 2 aromatic carbocycles. The van der Waals surface area contributed by atoms with Gasteiger partial charge in [-0.15, -0.1) is 0 Å². The number of imidazole rings is 1. The molecule has 140 valence electrons. The van der Waals surface area contributed by atoms with E-state index in [-0.39, 0.29) is 12.0 Å². The van der Waals surface area contributed by atoms with E-state index in [0.29, 0.717) is 24.4 Å². The van der Waals surface area contributed by atoms with Gasteiger partial charge in [-0.05, 0) is 30.3 Å². The van der Waals surface area contributed by atoms with E-state index in [1.165, 1.54) is 0 Å². The minimum absolute atomic E-state index is 0.152. The van der Waals surface area contributed by atoms with Gasteiger partial charge < -0.3 is 19.8 Å². The highest BCUT2D eigenvalue weighted by Gasteiger charge is 2.21. The summed E-state index contributed by atoms with van der Waals surface area (Å²) in [7, 11) is 0. The maximum atomic E-state index is 12.5. The standard InChI is InChI=1S/C20H17N5O3/c26-20(13-5-6-16-17(7-13)22-12-21-16)24-14-8-23-25(9-14)10-15-11-27-18-3-1-2-4-19(18)28-15/h1-9,12,15H,10-11H2,(H,21,22)(H,24,26)/t15-/m1/s1. The molecule has 2 N–H and O–H groups in total. The number of anilines is 1. The third kappa shape index (κ3) is 3.16. The van der Waals surface area contributed by atoms with Gasteiger partial charge in [-0.3, -0.25) is 9.48 Å². The molecule has 1 aliphatic heterocycles. The van der Waals surface area contributed by atoms with Gasteiger partial charge in [0, 0.05) is 11.8 Å². The van der Waals surface area contributed by atoms with Crippen molar-refractivity contribution < 1.29 is 14.3 Å². The fourth-order valence-electron chi connectivity index (χ4n) is 3.17. The van der Waals surface area contributed by atoms with Crippen LogP contribution >= 0.6 is 0 Å². The summed E-state index contributed by atoms with van der Waals surface area (Å²) < 4.78 is 13.4. The minimum atomic E-state index is -0.206. The Labute approximate surface area is 160 Å². The predicted molar refractivity (Wildman–Crippen MR) is 103 cm³/mol. The van der Waals surface area contributed by atoms with Crippen LogP contribution in [0, 0.1) is 0 Å². The number of ether oxygens (including phenoxy) is 2. The lowest BCUT2D eigenvalue weighted by atomic mass is 10.2. The third-order valence-corrected chi connectivity index (χ3v) is 4.53. The number of nitrogens with one attached hydrogen (secondary N) is 2. The molecule has 1 amide bonds. The van der Waals surface area contributed by atoms with Gasteiger partial charge in [0.1, 0.15) is 6.61 Å². The highest BCUT2D eigenvalue weighted by Crippen LogP contribution is 2.31. The van der Waals surface area contributed by atoms with Gasteiger partial charge in [-0.2, -0.15) is 5.10 Å². The lowest BCUT2D eigenvalue weighted by Crippen LogP contribution is -2.33. The number of carbonyl (C=O) groups is 1. The van der Waals surface area contributed by atoms with Gasteiger partial charge in [-0.1, -0.05) is 12.1 Å². The molecular weight excluding hydrogens is 358 g/mol. The van der Waals surface area contributed by atoms with Crippen LogP contribution in [-0.4, -0.2) is 38.4 Å². The van der Waals surface area contributed by atoms with Crippen LogP contribution in [0.5, 0.6) is 11.5 Å². The molecule has 1 aliphatic rings. The first kappa shape index (κ1) is 16.4. The molecule has 8 nitrogen and oxygen atoms in total. The summed E-state index contributed by atoms with van der Waals surface area (Å²) in [6.45, 7) is 0.965. The first-order valence-electron chi connectivity index (χ1n) is 8.90. The van der Waals surface area contributed by atoms with E-state index in [4.69, 9.17) is 9.47 Å². The second-order valence-electron chi connectivity index (χ2n) is 6.54. The Kier molecular flexibility index (Phi) is 3.93. The molecule has 0 bridgehead atoms. The first-order valence-corrected chi connectivity index (χ1v) is 8.90. The maximum Gasteiger partial charge on any atom is 0.255 e. The van der Waals surface area contributed by atoms with Crippen LogP contribution in [0.1, 0.15) is 10.4 Å². The van der Waals surface area contributed by atoms with E-state index >= 15 is 0 Å². The van der Waals surface area contributed by atoms with E-state index in [0.717, 1.165) is 22.5 Å². The second kappa shape index (κ2) is 6.73. The monoisotopic (exact) mass is 375 g/mol. The van der Waals surface area contributed by atoms with Crippen molar-refractivity contribution in [2.75, 3.05) is 11.9 Å². The zero-order valence-corrected chi connectivity index (χ0v) is 14.8. The van der Waals surface area contributed by atoms with Crippen LogP contribution in [0.2, 0.25) is 0 Å². The van der Waals surface area contributed by atoms with Crippen molar-refractivity contribution in [1.29, 1.82) is 0 Å². The van der Waals surface area contributed by atoms with Crippen molar-refractivity contribution >= 4 is 22.6 Å². The Balaban J connectivity index is 1.24. The van der Waals surface area contributed by atoms with Gasteiger partial charge in [0.25, 0.3) is 5.91 Å². The number of H-pyrrole nitrogens is 1. The molecule has 0 aliphatic carbocycles. The number of hydrogen-bond donors (Lipinski definition) is 2. The number of aromatic nitrogens is 4. The summed E-state index contributed by atoms with van der Waals surface area (Å²) >= 11 is 0. The van der Waals surface area contributed by atoms with E-state index in [2.05, 4.69) is 20.4 Å². The zero-order valence-electron chi connectivity index (χ0n) is 14.8. The highest BCUT2D eigenvalue weighted by atomic mass is 16.6. The Bertz CT molecular complexity index is 1150. The molecule has 0 spiro atoms. The summed E-state index contributed by atoms with van der Waals surface area (Å²) in [5.74, 6) is 1.28. The molecule has 0 unspecified atom stereocenters. The third-order valence-electron chi connectivity index (χ3n) is 4.53. The smallest absolute Gasteiger partial charge is 0.255 e. The molecule has 0 fully saturated rings. The van der Waals surface area contributed by atoms with Gasteiger partial charge in [0.05, 0.1) is 35.8 Å². The molecule has 0 saturated carbocycles. The molecular formula is C20H17N5O3. The normalized spacial score (nSPS) is 15.5. The summed E-state index contributed by atoms with van der Waals surface area (Å²) in [4.78, 5) is 19.6. The van der Waals surface area contributed by atoms with Crippen LogP contribution in [0.4, 0.5) is 5.69 Å². The number of rotatable bonds is 4. The molecule has 3 heterocycles. The number of aromatic amines is 1. The van der Waals surface area contributed by atoms with Gasteiger partial charge in [-0.25, -0.2) is 4.98 Å². The van der Waals surface area contributed by atoms with Gasteiger partial charge in [0.2, 0.25) is 0 Å². The average Bonchev–Trinajstić information content (AvgIpc) is 3.36. The summed E-state index contributed by atoms with van der Waals surface area (Å²) in [5.41, 5.74) is 2.80. The topological polar surface area (TPSA) is 94.1 Å². The van der Waals surface area contributed by atoms with Crippen molar-refractivity contribution in [2.45, 2.75) is 12.6 Å². The van der Waals surface area contributed by atoms with Crippen LogP contribution in [-0.2, 0) is 6.54 Å². The lowest BCUT2D eigenvalue weighted by molar-refractivity contribution is 0.0759. The average molecular weight is 375 g/mol. The minimum Gasteiger partial charge on any atom is -0.486 e. The fraction of sp³-hybridized carbons (Fsp3) is 0.150. The summed E-state index contributed by atoms with van der Waals surface area (Å²) in [6.07, 6.45) is 4.84. The number of nitrogens with zero attached hydrogens (tertiary/aromatic N) is 3. The van der Waals surface area contributed by atoms with Crippen LogP contribution in [0.15, 0.2) is 61.2 Å². The number of para-hydroxylation sites is 2. The Hall–Kier alpha value is -3.81. The Morgan fingerprint density at radius 2 is 2.14 bits per heavy atom. The number of carbonyl (C=O) groups excluding carboxylic acids is 1. The van der Waals surface area contributed by atoms with Gasteiger partial charge in [0.15, 0.2) is 17.6 Å². The Morgan fingerprint density at radius 3 is 3.07 bits per heavy atom. The number of fused-ring (bicyclic) bond motifs is 2. The number of amides is 1.